The number of rotatable bonds is 2. The molecule has 1 nitrogen and oxygen atoms in total. The molecule has 12 heavy (non-hydrogen) atoms. The van der Waals surface area contributed by atoms with Gasteiger partial charge < -0.3 is 0 Å². The van der Waals surface area contributed by atoms with Crippen molar-refractivity contribution in [3.05, 3.63) is 22.4 Å². The van der Waals surface area contributed by atoms with E-state index in [4.69, 9.17) is 0 Å². The van der Waals surface area contributed by atoms with E-state index in [0.717, 1.165) is 4.88 Å². The number of halogens is 1. The maximum absolute atomic E-state index is 11.2. The Morgan fingerprint density at radius 1 is 1.50 bits per heavy atom. The van der Waals surface area contributed by atoms with Crippen LogP contribution in [0.4, 0.5) is 0 Å². The van der Waals surface area contributed by atoms with E-state index in [1.54, 1.807) is 22.7 Å². The topological polar surface area (TPSA) is 17.1 Å². The van der Waals surface area contributed by atoms with Crippen molar-refractivity contribution in [1.82, 2.24) is 0 Å². The zero-order valence-corrected chi connectivity index (χ0v) is 9.26. The van der Waals surface area contributed by atoms with Gasteiger partial charge in [0.2, 0.25) is 0 Å². The lowest BCUT2D eigenvalue weighted by Gasteiger charge is -1.86. The quantitative estimate of drug-likeness (QED) is 0.597. The third-order valence-electron chi connectivity index (χ3n) is 1.54. The third-order valence-corrected chi connectivity index (χ3v) is 4.18. The number of ketones is 1. The van der Waals surface area contributed by atoms with Crippen molar-refractivity contribution >= 4 is 53.8 Å². The van der Waals surface area contributed by atoms with Crippen LogP contribution < -0.4 is 0 Å². The number of thiophene rings is 2. The molecule has 0 aliphatic rings. The monoisotopic (exact) mass is 260 g/mol. The number of hydrogen-bond donors (Lipinski definition) is 0. The Morgan fingerprint density at radius 2 is 2.33 bits per heavy atom. The van der Waals surface area contributed by atoms with E-state index in [1.807, 2.05) is 11.4 Å². The fraction of sp³-hybridized carbons (Fsp3) is 0.125. The molecule has 0 atom stereocenters. The van der Waals surface area contributed by atoms with E-state index in [1.165, 1.54) is 9.40 Å². The second-order valence-corrected chi connectivity index (χ2v) is 4.91. The zero-order valence-electron chi connectivity index (χ0n) is 6.04. The van der Waals surface area contributed by atoms with E-state index in [0.29, 0.717) is 5.33 Å². The summed E-state index contributed by atoms with van der Waals surface area (Å²) in [5.41, 5.74) is 0. The highest BCUT2D eigenvalue weighted by atomic mass is 79.9. The van der Waals surface area contributed by atoms with Crippen molar-refractivity contribution in [3.63, 3.8) is 0 Å². The summed E-state index contributed by atoms with van der Waals surface area (Å²) in [5.74, 6) is 0.170. The number of carbonyl (C=O) groups is 1. The molecule has 62 valence electrons. The van der Waals surface area contributed by atoms with Gasteiger partial charge in [-0.05, 0) is 17.5 Å². The molecule has 2 heterocycles. The Bertz CT molecular complexity index is 387. The molecule has 0 aromatic carbocycles. The van der Waals surface area contributed by atoms with Gasteiger partial charge in [-0.15, -0.1) is 22.7 Å². The molecule has 0 aliphatic heterocycles. The second kappa shape index (κ2) is 3.28. The lowest BCUT2D eigenvalue weighted by Crippen LogP contribution is -1.94. The van der Waals surface area contributed by atoms with Crippen LogP contribution in [0.3, 0.4) is 0 Å². The average molecular weight is 261 g/mol. The van der Waals surface area contributed by atoms with Gasteiger partial charge in [-0.1, -0.05) is 15.9 Å². The summed E-state index contributed by atoms with van der Waals surface area (Å²) in [6, 6.07) is 4.02. The average Bonchev–Trinajstić information content (AvgIpc) is 2.60. The molecular weight excluding hydrogens is 256 g/mol. The highest BCUT2D eigenvalue weighted by molar-refractivity contribution is 9.09. The summed E-state index contributed by atoms with van der Waals surface area (Å²) in [6.45, 7) is 0. The Kier molecular flexibility index (Phi) is 2.30. The van der Waals surface area contributed by atoms with Gasteiger partial charge in [-0.3, -0.25) is 4.79 Å². The summed E-state index contributed by atoms with van der Waals surface area (Å²) >= 11 is 6.40. The van der Waals surface area contributed by atoms with Gasteiger partial charge in [0.25, 0.3) is 0 Å². The Morgan fingerprint density at radius 3 is 3.00 bits per heavy atom. The summed E-state index contributed by atoms with van der Waals surface area (Å²) in [4.78, 5) is 12.1. The van der Waals surface area contributed by atoms with Crippen molar-refractivity contribution in [2.24, 2.45) is 0 Å². The molecule has 0 N–H and O–H groups in total. The first-order valence-electron chi connectivity index (χ1n) is 3.37. The SMILES string of the molecule is O=C(CBr)c1cc2sccc2s1. The minimum absolute atomic E-state index is 0.170. The molecule has 4 heteroatoms. The molecule has 0 bridgehead atoms. The maximum atomic E-state index is 11.2. The van der Waals surface area contributed by atoms with Crippen LogP contribution in [-0.4, -0.2) is 11.1 Å². The van der Waals surface area contributed by atoms with Crippen LogP contribution in [0.1, 0.15) is 9.67 Å². The minimum atomic E-state index is 0.170. The van der Waals surface area contributed by atoms with E-state index in [9.17, 15) is 4.79 Å². The fourth-order valence-electron chi connectivity index (χ4n) is 0.969. The number of carbonyl (C=O) groups excluding carboxylic acids is 1. The van der Waals surface area contributed by atoms with E-state index < -0.39 is 0 Å². The van der Waals surface area contributed by atoms with Crippen molar-refractivity contribution in [3.8, 4) is 0 Å². The van der Waals surface area contributed by atoms with Gasteiger partial charge in [-0.2, -0.15) is 0 Å². The molecule has 0 saturated heterocycles. The van der Waals surface area contributed by atoms with E-state index in [2.05, 4.69) is 22.0 Å². The van der Waals surface area contributed by atoms with Gasteiger partial charge in [0.15, 0.2) is 5.78 Å². The summed E-state index contributed by atoms with van der Waals surface area (Å²) in [5, 5.41) is 2.46. The zero-order chi connectivity index (χ0) is 8.55. The first-order chi connectivity index (χ1) is 5.81. The van der Waals surface area contributed by atoms with Crippen LogP contribution in [-0.2, 0) is 0 Å². The van der Waals surface area contributed by atoms with Crippen LogP contribution in [0.15, 0.2) is 17.5 Å². The minimum Gasteiger partial charge on any atom is -0.292 e. The van der Waals surface area contributed by atoms with Gasteiger partial charge in [0.05, 0.1) is 10.2 Å². The molecule has 0 aliphatic carbocycles. The van der Waals surface area contributed by atoms with Gasteiger partial charge >= 0.3 is 0 Å². The number of Topliss-reactive ketones (excluding diaryl/α,β-unsaturated/α-hetero) is 1. The molecule has 0 amide bonds. The normalized spacial score (nSPS) is 10.8. The highest BCUT2D eigenvalue weighted by Crippen LogP contribution is 2.30. The largest absolute Gasteiger partial charge is 0.292 e. The highest BCUT2D eigenvalue weighted by Gasteiger charge is 2.08. The van der Waals surface area contributed by atoms with E-state index in [-0.39, 0.29) is 5.78 Å². The van der Waals surface area contributed by atoms with Crippen molar-refractivity contribution in [2.75, 3.05) is 5.33 Å². The van der Waals surface area contributed by atoms with Crippen molar-refractivity contribution in [2.45, 2.75) is 0 Å². The maximum Gasteiger partial charge on any atom is 0.183 e. The molecule has 0 spiro atoms. The van der Waals surface area contributed by atoms with Crippen LogP contribution >= 0.6 is 38.6 Å². The molecule has 2 aromatic heterocycles. The van der Waals surface area contributed by atoms with Gasteiger partial charge in [0.1, 0.15) is 0 Å². The molecule has 0 fully saturated rings. The predicted octanol–water partition coefficient (Wildman–Crippen LogP) is 3.54. The van der Waals surface area contributed by atoms with Crippen LogP contribution in [0.5, 0.6) is 0 Å². The van der Waals surface area contributed by atoms with Crippen LogP contribution in [0, 0.1) is 0 Å². The standard InChI is InChI=1S/C8H5BrOS2/c9-4-5(10)7-3-8-6(12-7)1-2-11-8/h1-3H,4H2. The van der Waals surface area contributed by atoms with Crippen molar-refractivity contribution < 1.29 is 4.79 Å². The molecule has 2 aromatic rings. The third kappa shape index (κ3) is 1.34. The second-order valence-electron chi connectivity index (χ2n) is 2.32. The Labute approximate surface area is 86.2 Å². The van der Waals surface area contributed by atoms with E-state index >= 15 is 0 Å². The summed E-state index contributed by atoms with van der Waals surface area (Å²) < 4.78 is 2.42. The smallest absolute Gasteiger partial charge is 0.183 e. The van der Waals surface area contributed by atoms with Crippen molar-refractivity contribution in [1.29, 1.82) is 0 Å². The Balaban J connectivity index is 2.51. The lowest BCUT2D eigenvalue weighted by atomic mass is 10.3. The molecule has 0 saturated carbocycles. The lowest BCUT2D eigenvalue weighted by molar-refractivity contribution is 0.102. The van der Waals surface area contributed by atoms with Gasteiger partial charge in [0, 0.05) is 9.40 Å². The summed E-state index contributed by atoms with van der Waals surface area (Å²) in [6.07, 6.45) is 0. The predicted molar refractivity (Wildman–Crippen MR) is 57.8 cm³/mol. The molecule has 2 rings (SSSR count). The fourth-order valence-corrected chi connectivity index (χ4v) is 3.50. The van der Waals surface area contributed by atoms with Crippen LogP contribution in [0.25, 0.3) is 9.40 Å². The molecule has 0 unspecified atom stereocenters. The molecule has 0 radical (unpaired) electrons. The summed E-state index contributed by atoms with van der Waals surface area (Å²) in [7, 11) is 0. The Hall–Kier alpha value is -0.190. The first-order valence-corrected chi connectivity index (χ1v) is 6.19. The first kappa shape index (κ1) is 8.41. The number of hydrogen-bond acceptors (Lipinski definition) is 3. The molecular formula is C8H5BrOS2. The van der Waals surface area contributed by atoms with Gasteiger partial charge in [-0.25, -0.2) is 0 Å². The number of fused-ring (bicyclic) bond motifs is 1. The number of alkyl halides is 1. The van der Waals surface area contributed by atoms with Crippen LogP contribution in [0.2, 0.25) is 0 Å².